The van der Waals surface area contributed by atoms with Gasteiger partial charge in [-0.25, -0.2) is 4.79 Å². The van der Waals surface area contributed by atoms with E-state index in [4.69, 9.17) is 4.74 Å². The smallest absolute Gasteiger partial charge is 0.336 e. The molecule has 0 radical (unpaired) electrons. The van der Waals surface area contributed by atoms with E-state index in [9.17, 15) is 9.90 Å². The largest absolute Gasteiger partial charge is 0.489 e. The highest BCUT2D eigenvalue weighted by Crippen LogP contribution is 2.24. The van der Waals surface area contributed by atoms with E-state index in [0.717, 1.165) is 5.56 Å². The molecule has 0 saturated carbocycles. The third-order valence-electron chi connectivity index (χ3n) is 2.95. The third kappa shape index (κ3) is 3.26. The molecule has 0 fully saturated rings. The Bertz CT molecular complexity index is 603. The SMILES string of the molecule is C=CCc1c(OCc2ccccc2)cccc1C(=O)O. The molecule has 2 aromatic rings. The maximum Gasteiger partial charge on any atom is 0.336 e. The van der Waals surface area contributed by atoms with Gasteiger partial charge < -0.3 is 9.84 Å². The monoisotopic (exact) mass is 268 g/mol. The van der Waals surface area contributed by atoms with Crippen molar-refractivity contribution >= 4 is 5.97 Å². The van der Waals surface area contributed by atoms with Crippen LogP contribution in [0.4, 0.5) is 0 Å². The van der Waals surface area contributed by atoms with Crippen molar-refractivity contribution < 1.29 is 14.6 Å². The summed E-state index contributed by atoms with van der Waals surface area (Å²) in [7, 11) is 0. The predicted octanol–water partition coefficient (Wildman–Crippen LogP) is 3.69. The van der Waals surface area contributed by atoms with Crippen molar-refractivity contribution in [1.29, 1.82) is 0 Å². The van der Waals surface area contributed by atoms with Crippen molar-refractivity contribution in [3.05, 3.63) is 77.9 Å². The number of ether oxygens (including phenoxy) is 1. The van der Waals surface area contributed by atoms with Gasteiger partial charge in [0.25, 0.3) is 0 Å². The van der Waals surface area contributed by atoms with Gasteiger partial charge in [-0.3, -0.25) is 0 Å². The highest BCUT2D eigenvalue weighted by atomic mass is 16.5. The molecule has 2 rings (SSSR count). The number of hydrogen-bond donors (Lipinski definition) is 1. The van der Waals surface area contributed by atoms with E-state index < -0.39 is 5.97 Å². The first-order chi connectivity index (χ1) is 9.72. The summed E-state index contributed by atoms with van der Waals surface area (Å²) in [5, 5.41) is 9.21. The summed E-state index contributed by atoms with van der Waals surface area (Å²) in [6.45, 7) is 4.08. The average Bonchev–Trinajstić information content (AvgIpc) is 2.47. The van der Waals surface area contributed by atoms with Gasteiger partial charge in [0, 0.05) is 5.56 Å². The van der Waals surface area contributed by atoms with Crippen LogP contribution in [-0.4, -0.2) is 11.1 Å². The van der Waals surface area contributed by atoms with E-state index in [1.807, 2.05) is 30.3 Å². The molecule has 0 unspecified atom stereocenters. The second kappa shape index (κ2) is 6.57. The topological polar surface area (TPSA) is 46.5 Å². The molecule has 0 aromatic heterocycles. The summed E-state index contributed by atoms with van der Waals surface area (Å²) in [6.07, 6.45) is 2.14. The Hall–Kier alpha value is -2.55. The summed E-state index contributed by atoms with van der Waals surface area (Å²) < 4.78 is 5.76. The highest BCUT2D eigenvalue weighted by Gasteiger charge is 2.13. The van der Waals surface area contributed by atoms with Crippen molar-refractivity contribution in [2.45, 2.75) is 13.0 Å². The summed E-state index contributed by atoms with van der Waals surface area (Å²) >= 11 is 0. The first-order valence-corrected chi connectivity index (χ1v) is 6.35. The molecule has 0 amide bonds. The molecule has 2 aromatic carbocycles. The lowest BCUT2D eigenvalue weighted by Crippen LogP contribution is -2.05. The molecule has 0 heterocycles. The Balaban J connectivity index is 2.24. The minimum Gasteiger partial charge on any atom is -0.489 e. The molecule has 1 N–H and O–H groups in total. The number of carboxylic acid groups (broad SMARTS) is 1. The fourth-order valence-corrected chi connectivity index (χ4v) is 1.99. The normalized spacial score (nSPS) is 10.0. The molecule has 0 spiro atoms. The van der Waals surface area contributed by atoms with Crippen LogP contribution in [0, 0.1) is 0 Å². The second-order valence-electron chi connectivity index (χ2n) is 4.35. The maximum absolute atomic E-state index is 11.2. The first-order valence-electron chi connectivity index (χ1n) is 6.35. The second-order valence-corrected chi connectivity index (χ2v) is 4.35. The molecule has 20 heavy (non-hydrogen) atoms. The summed E-state index contributed by atoms with van der Waals surface area (Å²) in [5.74, 6) is -0.360. The fourth-order valence-electron chi connectivity index (χ4n) is 1.99. The van der Waals surface area contributed by atoms with Crippen molar-refractivity contribution in [3.63, 3.8) is 0 Å². The zero-order valence-electron chi connectivity index (χ0n) is 11.1. The molecular weight excluding hydrogens is 252 g/mol. The van der Waals surface area contributed by atoms with Crippen LogP contribution in [0.3, 0.4) is 0 Å². The molecule has 0 saturated heterocycles. The third-order valence-corrected chi connectivity index (χ3v) is 2.95. The van der Waals surface area contributed by atoms with Crippen LogP contribution < -0.4 is 4.74 Å². The number of carbonyl (C=O) groups is 1. The van der Waals surface area contributed by atoms with E-state index >= 15 is 0 Å². The maximum atomic E-state index is 11.2. The van der Waals surface area contributed by atoms with Gasteiger partial charge in [-0.1, -0.05) is 42.5 Å². The number of benzene rings is 2. The summed E-state index contributed by atoms with van der Waals surface area (Å²) in [5.41, 5.74) is 1.96. The highest BCUT2D eigenvalue weighted by molar-refractivity contribution is 5.90. The molecule has 3 nitrogen and oxygen atoms in total. The van der Waals surface area contributed by atoms with Gasteiger partial charge in [0.1, 0.15) is 12.4 Å². The van der Waals surface area contributed by atoms with E-state index in [0.29, 0.717) is 24.3 Å². The predicted molar refractivity (Wildman–Crippen MR) is 78.1 cm³/mol. The van der Waals surface area contributed by atoms with E-state index in [1.165, 1.54) is 0 Å². The van der Waals surface area contributed by atoms with Crippen LogP contribution >= 0.6 is 0 Å². The number of carboxylic acids is 1. The molecule has 0 bridgehead atoms. The molecular formula is C17H16O3. The van der Waals surface area contributed by atoms with Crippen LogP contribution in [-0.2, 0) is 13.0 Å². The van der Waals surface area contributed by atoms with Crippen molar-refractivity contribution in [2.24, 2.45) is 0 Å². The van der Waals surface area contributed by atoms with Crippen molar-refractivity contribution in [1.82, 2.24) is 0 Å². The molecule has 3 heteroatoms. The number of aromatic carboxylic acids is 1. The van der Waals surface area contributed by atoms with E-state index in [2.05, 4.69) is 6.58 Å². The van der Waals surface area contributed by atoms with E-state index in [1.54, 1.807) is 24.3 Å². The van der Waals surface area contributed by atoms with E-state index in [-0.39, 0.29) is 5.56 Å². The standard InChI is InChI=1S/C17H16O3/c1-2-7-14-15(17(18)19)10-6-11-16(14)20-12-13-8-4-3-5-9-13/h2-6,8-11H,1,7,12H2,(H,18,19). The van der Waals surface area contributed by atoms with Crippen molar-refractivity contribution in [3.8, 4) is 5.75 Å². The quantitative estimate of drug-likeness (QED) is 0.813. The van der Waals surface area contributed by atoms with Crippen LogP contribution in [0.25, 0.3) is 0 Å². The van der Waals surface area contributed by atoms with Gasteiger partial charge in [0.05, 0.1) is 5.56 Å². The lowest BCUT2D eigenvalue weighted by molar-refractivity contribution is 0.0695. The number of rotatable bonds is 6. The van der Waals surface area contributed by atoms with Gasteiger partial charge >= 0.3 is 5.97 Å². The van der Waals surface area contributed by atoms with Gasteiger partial charge in [0.2, 0.25) is 0 Å². The molecule has 0 aliphatic carbocycles. The Morgan fingerprint density at radius 1 is 1.15 bits per heavy atom. The molecule has 102 valence electrons. The van der Waals surface area contributed by atoms with Crippen LogP contribution in [0.15, 0.2) is 61.2 Å². The number of hydrogen-bond acceptors (Lipinski definition) is 2. The summed E-state index contributed by atoms with van der Waals surface area (Å²) in [6, 6.07) is 14.8. The minimum atomic E-state index is -0.952. The zero-order chi connectivity index (χ0) is 14.4. The zero-order valence-corrected chi connectivity index (χ0v) is 11.1. The van der Waals surface area contributed by atoms with Gasteiger partial charge in [-0.2, -0.15) is 0 Å². The fraction of sp³-hybridized carbons (Fsp3) is 0.118. The van der Waals surface area contributed by atoms with Gasteiger partial charge in [-0.05, 0) is 24.1 Å². The van der Waals surface area contributed by atoms with Gasteiger partial charge in [0.15, 0.2) is 0 Å². The van der Waals surface area contributed by atoms with Gasteiger partial charge in [-0.15, -0.1) is 6.58 Å². The Morgan fingerprint density at radius 3 is 2.55 bits per heavy atom. The molecule has 0 aliphatic rings. The van der Waals surface area contributed by atoms with Crippen molar-refractivity contribution in [2.75, 3.05) is 0 Å². The lowest BCUT2D eigenvalue weighted by atomic mass is 10.0. The average molecular weight is 268 g/mol. The number of allylic oxidation sites excluding steroid dienone is 1. The Labute approximate surface area is 118 Å². The first kappa shape index (κ1) is 13.9. The Kier molecular flexibility index (Phi) is 4.56. The van der Waals surface area contributed by atoms with Crippen LogP contribution in [0.5, 0.6) is 5.75 Å². The van der Waals surface area contributed by atoms with Crippen LogP contribution in [0.2, 0.25) is 0 Å². The summed E-state index contributed by atoms with van der Waals surface area (Å²) in [4.78, 5) is 11.2. The molecule has 0 aliphatic heterocycles. The molecule has 0 atom stereocenters. The lowest BCUT2D eigenvalue weighted by Gasteiger charge is -2.12. The van der Waals surface area contributed by atoms with Crippen LogP contribution in [0.1, 0.15) is 21.5 Å². The Morgan fingerprint density at radius 2 is 1.90 bits per heavy atom. The minimum absolute atomic E-state index is 0.260.